The first kappa shape index (κ1) is 27.1. The molecule has 0 fully saturated rings. The predicted octanol–water partition coefficient (Wildman–Crippen LogP) is 1.78. The van der Waals surface area contributed by atoms with E-state index in [1.165, 1.54) is 0 Å². The smallest absolute Gasteiger partial charge is 0.327 e. The second kappa shape index (κ2) is 9.69. The van der Waals surface area contributed by atoms with Crippen molar-refractivity contribution in [3.05, 3.63) is 55.6 Å². The normalized spacial score (nSPS) is 13.0. The van der Waals surface area contributed by atoms with Crippen LogP contribution in [0.15, 0.2) is 32.7 Å². The minimum Gasteiger partial charge on any atom is -0.327 e. The molecule has 1 aromatic carbocycles. The topological polar surface area (TPSA) is 116 Å². The molecule has 0 amide bonds. The molecule has 2 aromatic rings. The molecular formula is C16H18Cl2F4N4O4S. The number of hydrogen-bond acceptors (Lipinski definition) is 5. The van der Waals surface area contributed by atoms with Crippen LogP contribution in [0, 0.1) is 5.82 Å². The number of aromatic nitrogens is 2. The van der Waals surface area contributed by atoms with Crippen molar-refractivity contribution in [3.8, 4) is 5.69 Å². The molecule has 1 atom stereocenters. The van der Waals surface area contributed by atoms with Crippen LogP contribution < -0.4 is 21.7 Å². The Balaban J connectivity index is 0.00000480. The largest absolute Gasteiger partial charge is 0.431 e. The number of alkyl halides is 3. The van der Waals surface area contributed by atoms with Crippen molar-refractivity contribution < 1.29 is 26.0 Å². The highest BCUT2D eigenvalue weighted by Gasteiger charge is 2.35. The van der Waals surface area contributed by atoms with E-state index in [0.717, 1.165) is 7.05 Å². The van der Waals surface area contributed by atoms with Crippen LogP contribution in [-0.2, 0) is 23.2 Å². The molecule has 0 aliphatic heterocycles. The van der Waals surface area contributed by atoms with Gasteiger partial charge < -0.3 is 5.73 Å². The van der Waals surface area contributed by atoms with Gasteiger partial charge in [0, 0.05) is 25.7 Å². The summed E-state index contributed by atoms with van der Waals surface area (Å²) in [6, 6.07) is 0.702. The van der Waals surface area contributed by atoms with Crippen molar-refractivity contribution in [2.24, 2.45) is 12.8 Å². The molecule has 1 unspecified atom stereocenters. The van der Waals surface area contributed by atoms with E-state index in [9.17, 15) is 35.6 Å². The minimum absolute atomic E-state index is 0. The second-order valence-corrected chi connectivity index (χ2v) is 8.44. The Bertz CT molecular complexity index is 1200. The van der Waals surface area contributed by atoms with Gasteiger partial charge in [0.25, 0.3) is 5.56 Å². The van der Waals surface area contributed by atoms with Gasteiger partial charge in [-0.25, -0.2) is 26.9 Å². The number of nitrogens with zero attached hydrogens (tertiary/aromatic N) is 2. The Morgan fingerprint density at radius 3 is 2.32 bits per heavy atom. The van der Waals surface area contributed by atoms with Gasteiger partial charge in [0.15, 0.2) is 0 Å². The van der Waals surface area contributed by atoms with E-state index in [0.29, 0.717) is 18.6 Å². The fourth-order valence-corrected chi connectivity index (χ4v) is 4.08. The van der Waals surface area contributed by atoms with Crippen LogP contribution in [0.4, 0.5) is 17.6 Å². The minimum atomic E-state index is -5.01. The predicted molar refractivity (Wildman–Crippen MR) is 108 cm³/mol. The first-order chi connectivity index (χ1) is 13.7. The Hall–Kier alpha value is -1.93. The molecule has 2 rings (SSSR count). The summed E-state index contributed by atoms with van der Waals surface area (Å²) in [5.74, 6) is -1.29. The molecule has 0 spiro atoms. The van der Waals surface area contributed by atoms with Gasteiger partial charge >= 0.3 is 11.9 Å². The summed E-state index contributed by atoms with van der Waals surface area (Å²) < 4.78 is 80.7. The number of rotatable bonds is 6. The van der Waals surface area contributed by atoms with Crippen LogP contribution >= 0.6 is 24.0 Å². The van der Waals surface area contributed by atoms with Crippen LogP contribution in [0.5, 0.6) is 0 Å². The third-order valence-corrected chi connectivity index (χ3v) is 6.09. The van der Waals surface area contributed by atoms with Crippen LogP contribution in [0.25, 0.3) is 5.69 Å². The number of nitrogens with one attached hydrogen (secondary N) is 1. The van der Waals surface area contributed by atoms with Gasteiger partial charge in [0.2, 0.25) is 10.0 Å². The van der Waals surface area contributed by atoms with E-state index in [4.69, 9.17) is 17.3 Å². The molecule has 174 valence electrons. The molecule has 1 heterocycles. The molecule has 31 heavy (non-hydrogen) atoms. The standard InChI is InChI=1S/C16H17ClF4N4O4S.ClH/c1-3-8(22)7-23-30(28,29)12-5-11(10(18)4-9(12)17)25-14(26)6-13(16(19,20)21)24(2)15(25)27;/h4-6,8,23H,3,7,22H2,1-2H3;1H. The number of halogens is 6. The van der Waals surface area contributed by atoms with Gasteiger partial charge in [0.1, 0.15) is 16.4 Å². The highest BCUT2D eigenvalue weighted by molar-refractivity contribution is 7.89. The molecular weight excluding hydrogens is 491 g/mol. The lowest BCUT2D eigenvalue weighted by Crippen LogP contribution is -2.41. The number of benzene rings is 1. The number of sulfonamides is 1. The first-order valence-electron chi connectivity index (χ1n) is 8.35. The van der Waals surface area contributed by atoms with Gasteiger partial charge in [0.05, 0.1) is 10.7 Å². The van der Waals surface area contributed by atoms with Gasteiger partial charge in [-0.05, 0) is 18.6 Å². The lowest BCUT2D eigenvalue weighted by molar-refractivity contribution is -0.144. The molecule has 15 heteroatoms. The Morgan fingerprint density at radius 2 is 1.81 bits per heavy atom. The maximum atomic E-state index is 14.4. The van der Waals surface area contributed by atoms with Crippen molar-refractivity contribution in [2.45, 2.75) is 30.5 Å². The fraction of sp³-hybridized carbons (Fsp3) is 0.375. The lowest BCUT2D eigenvalue weighted by Gasteiger charge is -2.16. The van der Waals surface area contributed by atoms with Gasteiger partial charge in [-0.3, -0.25) is 9.36 Å². The zero-order valence-corrected chi connectivity index (χ0v) is 18.4. The Kier molecular flexibility index (Phi) is 8.47. The third-order valence-electron chi connectivity index (χ3n) is 4.20. The average molecular weight is 509 g/mol. The zero-order valence-electron chi connectivity index (χ0n) is 16.0. The first-order valence-corrected chi connectivity index (χ1v) is 10.2. The van der Waals surface area contributed by atoms with Gasteiger partial charge in [-0.2, -0.15) is 13.2 Å². The molecule has 0 bridgehead atoms. The highest BCUT2D eigenvalue weighted by Crippen LogP contribution is 2.28. The Morgan fingerprint density at radius 1 is 1.23 bits per heavy atom. The van der Waals surface area contributed by atoms with Crippen molar-refractivity contribution in [3.63, 3.8) is 0 Å². The van der Waals surface area contributed by atoms with E-state index >= 15 is 0 Å². The molecule has 0 saturated carbocycles. The highest BCUT2D eigenvalue weighted by atomic mass is 35.5. The van der Waals surface area contributed by atoms with Crippen molar-refractivity contribution in [1.82, 2.24) is 13.9 Å². The van der Waals surface area contributed by atoms with E-state index in [1.807, 2.05) is 0 Å². The summed E-state index contributed by atoms with van der Waals surface area (Å²) >= 11 is 5.81. The van der Waals surface area contributed by atoms with Crippen molar-refractivity contribution in [1.29, 1.82) is 0 Å². The average Bonchev–Trinajstić information content (AvgIpc) is 2.63. The molecule has 1 aromatic heterocycles. The maximum Gasteiger partial charge on any atom is 0.431 e. The summed E-state index contributed by atoms with van der Waals surface area (Å²) in [7, 11) is -3.61. The lowest BCUT2D eigenvalue weighted by atomic mass is 10.2. The van der Waals surface area contributed by atoms with E-state index in [2.05, 4.69) is 4.72 Å². The monoisotopic (exact) mass is 508 g/mol. The van der Waals surface area contributed by atoms with Gasteiger partial charge in [-0.1, -0.05) is 18.5 Å². The van der Waals surface area contributed by atoms with E-state index in [-0.39, 0.29) is 34.2 Å². The fourth-order valence-electron chi connectivity index (χ4n) is 2.45. The summed E-state index contributed by atoms with van der Waals surface area (Å²) in [6.45, 7) is 1.54. The second-order valence-electron chi connectivity index (χ2n) is 6.30. The molecule has 3 N–H and O–H groups in total. The van der Waals surface area contributed by atoms with Crippen LogP contribution in [0.1, 0.15) is 19.0 Å². The molecule has 0 radical (unpaired) electrons. The molecule has 0 saturated heterocycles. The zero-order chi connectivity index (χ0) is 23.0. The Labute approximate surface area is 185 Å². The third kappa shape index (κ3) is 5.66. The van der Waals surface area contributed by atoms with Gasteiger partial charge in [-0.15, -0.1) is 12.4 Å². The summed E-state index contributed by atoms with van der Waals surface area (Å²) in [6.07, 6.45) is -4.57. The van der Waals surface area contributed by atoms with Crippen LogP contribution in [0.3, 0.4) is 0 Å². The molecule has 0 aliphatic rings. The van der Waals surface area contributed by atoms with Crippen molar-refractivity contribution in [2.75, 3.05) is 6.54 Å². The number of nitrogens with two attached hydrogens (primary N) is 1. The molecule has 8 nitrogen and oxygen atoms in total. The van der Waals surface area contributed by atoms with Crippen molar-refractivity contribution >= 4 is 34.0 Å². The summed E-state index contributed by atoms with van der Waals surface area (Å²) in [5.41, 5.74) is 0.189. The summed E-state index contributed by atoms with van der Waals surface area (Å²) in [5, 5.41) is -0.564. The van der Waals surface area contributed by atoms with Crippen LogP contribution in [0.2, 0.25) is 5.02 Å². The summed E-state index contributed by atoms with van der Waals surface area (Å²) in [4.78, 5) is 23.9. The molecule has 0 aliphatic carbocycles. The van der Waals surface area contributed by atoms with E-state index in [1.54, 1.807) is 6.92 Å². The van der Waals surface area contributed by atoms with Crippen LogP contribution in [-0.4, -0.2) is 30.1 Å². The maximum absolute atomic E-state index is 14.4. The SMILES string of the molecule is CCC(N)CNS(=O)(=O)c1cc(-n2c(=O)cc(C(F)(F)F)n(C)c2=O)c(F)cc1Cl.Cl. The number of hydrogen-bond donors (Lipinski definition) is 2. The van der Waals surface area contributed by atoms with E-state index < -0.39 is 60.6 Å². The quantitative estimate of drug-likeness (QED) is 0.577.